The number of nitrogens with one attached hydrogen (secondary N) is 1. The normalized spacial score (nSPS) is 22.0. The lowest BCUT2D eigenvalue weighted by Crippen LogP contribution is -2.17. The maximum absolute atomic E-state index is 11.8. The standard InChI is InChI=1S/C15H19N5O3/c1-8(2)13(22)23-6-15(3)4-9(15)5-20-7-17-10-11(20)18-14(16)19-12(10)21/h5,7-8H,4,6H2,1-3H3,(H3,16,18,19,21)/b9-5-/t15-/m0/s1. The number of imidazole rings is 1. The van der Waals surface area contributed by atoms with Gasteiger partial charge in [0.15, 0.2) is 11.2 Å². The van der Waals surface area contributed by atoms with Crippen molar-refractivity contribution in [3.63, 3.8) is 0 Å². The Hall–Kier alpha value is -2.64. The van der Waals surface area contributed by atoms with Gasteiger partial charge in [0.05, 0.1) is 5.92 Å². The van der Waals surface area contributed by atoms with E-state index in [1.54, 1.807) is 18.4 Å². The van der Waals surface area contributed by atoms with Gasteiger partial charge in [-0.15, -0.1) is 0 Å². The molecule has 8 heteroatoms. The van der Waals surface area contributed by atoms with Gasteiger partial charge in [-0.25, -0.2) is 4.98 Å². The van der Waals surface area contributed by atoms with Crippen LogP contribution in [-0.2, 0) is 9.53 Å². The number of rotatable bonds is 4. The lowest BCUT2D eigenvalue weighted by atomic mass is 10.1. The van der Waals surface area contributed by atoms with E-state index in [4.69, 9.17) is 10.5 Å². The molecule has 23 heavy (non-hydrogen) atoms. The van der Waals surface area contributed by atoms with Crippen molar-refractivity contribution in [2.45, 2.75) is 27.2 Å². The maximum Gasteiger partial charge on any atom is 0.308 e. The van der Waals surface area contributed by atoms with E-state index in [1.165, 1.54) is 6.33 Å². The Balaban J connectivity index is 1.81. The second-order valence-corrected chi connectivity index (χ2v) is 6.43. The molecule has 1 aliphatic rings. The number of fused-ring (bicyclic) bond motifs is 1. The number of ether oxygens (including phenoxy) is 1. The summed E-state index contributed by atoms with van der Waals surface area (Å²) in [4.78, 5) is 33.9. The van der Waals surface area contributed by atoms with Crippen LogP contribution >= 0.6 is 0 Å². The molecule has 2 aromatic rings. The zero-order chi connectivity index (χ0) is 16.8. The summed E-state index contributed by atoms with van der Waals surface area (Å²) >= 11 is 0. The molecule has 2 heterocycles. The maximum atomic E-state index is 11.8. The van der Waals surface area contributed by atoms with Crippen LogP contribution in [0.1, 0.15) is 27.2 Å². The summed E-state index contributed by atoms with van der Waals surface area (Å²) in [5.41, 5.74) is 6.79. The van der Waals surface area contributed by atoms with E-state index in [0.717, 1.165) is 12.0 Å². The Morgan fingerprint density at radius 2 is 2.35 bits per heavy atom. The molecule has 3 N–H and O–H groups in total. The van der Waals surface area contributed by atoms with Crippen LogP contribution in [0, 0.1) is 11.3 Å². The molecular formula is C15H19N5O3. The van der Waals surface area contributed by atoms with Crippen molar-refractivity contribution in [3.8, 4) is 0 Å². The summed E-state index contributed by atoms with van der Waals surface area (Å²) < 4.78 is 6.98. The minimum atomic E-state index is -0.367. The van der Waals surface area contributed by atoms with Crippen molar-refractivity contribution in [1.82, 2.24) is 19.5 Å². The molecule has 0 radical (unpaired) electrons. The molecule has 1 saturated carbocycles. The van der Waals surface area contributed by atoms with Crippen LogP contribution in [0.25, 0.3) is 17.4 Å². The average molecular weight is 317 g/mol. The first kappa shape index (κ1) is 15.3. The highest BCUT2D eigenvalue weighted by Crippen LogP contribution is 2.52. The summed E-state index contributed by atoms with van der Waals surface area (Å²) in [5.74, 6) is -0.292. The monoisotopic (exact) mass is 317 g/mol. The van der Waals surface area contributed by atoms with Crippen LogP contribution in [0.15, 0.2) is 16.7 Å². The molecule has 0 aliphatic heterocycles. The number of carbonyl (C=O) groups is 1. The number of nitrogens with zero attached hydrogens (tertiary/aromatic N) is 3. The summed E-state index contributed by atoms with van der Waals surface area (Å²) in [7, 11) is 0. The molecule has 0 amide bonds. The van der Waals surface area contributed by atoms with Gasteiger partial charge < -0.3 is 10.5 Å². The Morgan fingerprint density at radius 3 is 3.04 bits per heavy atom. The predicted octanol–water partition coefficient (Wildman–Crippen LogP) is 1.15. The molecule has 0 saturated heterocycles. The molecule has 8 nitrogen and oxygen atoms in total. The van der Waals surface area contributed by atoms with Gasteiger partial charge >= 0.3 is 5.97 Å². The fraction of sp³-hybridized carbons (Fsp3) is 0.467. The molecule has 1 aliphatic carbocycles. The minimum Gasteiger partial charge on any atom is -0.465 e. The van der Waals surface area contributed by atoms with Crippen LogP contribution in [0.3, 0.4) is 0 Å². The van der Waals surface area contributed by atoms with Crippen molar-refractivity contribution in [2.75, 3.05) is 12.3 Å². The number of nitrogens with two attached hydrogens (primary N) is 1. The zero-order valence-electron chi connectivity index (χ0n) is 13.3. The Kier molecular flexibility index (Phi) is 3.46. The topological polar surface area (TPSA) is 116 Å². The number of nitrogen functional groups attached to an aromatic ring is 1. The Morgan fingerprint density at radius 1 is 1.61 bits per heavy atom. The van der Waals surface area contributed by atoms with Crippen molar-refractivity contribution in [1.29, 1.82) is 0 Å². The summed E-state index contributed by atoms with van der Waals surface area (Å²) in [5, 5.41) is 0. The molecule has 2 aromatic heterocycles. The van der Waals surface area contributed by atoms with E-state index in [1.807, 2.05) is 13.1 Å². The number of esters is 1. The van der Waals surface area contributed by atoms with Crippen molar-refractivity contribution in [2.24, 2.45) is 11.3 Å². The molecule has 3 rings (SSSR count). The first-order chi connectivity index (χ1) is 10.8. The molecule has 122 valence electrons. The summed E-state index contributed by atoms with van der Waals surface area (Å²) in [6, 6.07) is 0. The first-order valence-electron chi connectivity index (χ1n) is 7.40. The van der Waals surface area contributed by atoms with Gasteiger partial charge in [-0.2, -0.15) is 4.98 Å². The minimum absolute atomic E-state index is 0.0482. The zero-order valence-corrected chi connectivity index (χ0v) is 13.3. The Labute approximate surface area is 132 Å². The van der Waals surface area contributed by atoms with Crippen LogP contribution in [0.2, 0.25) is 0 Å². The largest absolute Gasteiger partial charge is 0.465 e. The summed E-state index contributed by atoms with van der Waals surface area (Å²) in [6.07, 6.45) is 4.21. The molecule has 1 atom stereocenters. The molecule has 0 spiro atoms. The van der Waals surface area contributed by atoms with E-state index in [9.17, 15) is 9.59 Å². The fourth-order valence-electron chi connectivity index (χ4n) is 2.32. The molecular weight excluding hydrogens is 298 g/mol. The number of H-pyrrole nitrogens is 1. The molecule has 0 aromatic carbocycles. The first-order valence-corrected chi connectivity index (χ1v) is 7.40. The third-order valence-electron chi connectivity index (χ3n) is 3.98. The van der Waals surface area contributed by atoms with Gasteiger partial charge in [0.25, 0.3) is 5.56 Å². The fourth-order valence-corrected chi connectivity index (χ4v) is 2.32. The number of anilines is 1. The lowest BCUT2D eigenvalue weighted by molar-refractivity contribution is -0.148. The molecule has 0 unspecified atom stereocenters. The van der Waals surface area contributed by atoms with Gasteiger partial charge in [0.1, 0.15) is 12.9 Å². The highest BCUT2D eigenvalue weighted by atomic mass is 16.5. The number of aromatic nitrogens is 4. The quantitative estimate of drug-likeness (QED) is 0.817. The second kappa shape index (κ2) is 5.22. The summed E-state index contributed by atoms with van der Waals surface area (Å²) in [6.45, 7) is 5.98. The third-order valence-corrected chi connectivity index (χ3v) is 3.98. The van der Waals surface area contributed by atoms with Gasteiger partial charge in [0.2, 0.25) is 5.95 Å². The van der Waals surface area contributed by atoms with Crippen LogP contribution in [-0.4, -0.2) is 32.1 Å². The van der Waals surface area contributed by atoms with Crippen LogP contribution in [0.4, 0.5) is 5.95 Å². The second-order valence-electron chi connectivity index (χ2n) is 6.43. The van der Waals surface area contributed by atoms with Gasteiger partial charge in [0, 0.05) is 11.6 Å². The number of hydrogen-bond acceptors (Lipinski definition) is 6. The van der Waals surface area contributed by atoms with Gasteiger partial charge in [-0.05, 0) is 12.0 Å². The smallest absolute Gasteiger partial charge is 0.308 e. The molecule has 0 bridgehead atoms. The number of carbonyl (C=O) groups excluding carboxylic acids is 1. The van der Waals surface area contributed by atoms with Crippen LogP contribution in [0.5, 0.6) is 0 Å². The van der Waals surface area contributed by atoms with E-state index >= 15 is 0 Å². The van der Waals surface area contributed by atoms with Crippen molar-refractivity contribution in [3.05, 3.63) is 22.3 Å². The lowest BCUT2D eigenvalue weighted by Gasteiger charge is -2.11. The van der Waals surface area contributed by atoms with Crippen LogP contribution < -0.4 is 11.3 Å². The Bertz CT molecular complexity index is 864. The van der Waals surface area contributed by atoms with E-state index < -0.39 is 0 Å². The number of hydrogen-bond donors (Lipinski definition) is 2. The molecule has 1 fully saturated rings. The highest BCUT2D eigenvalue weighted by molar-refractivity contribution is 5.74. The van der Waals surface area contributed by atoms with E-state index in [-0.39, 0.29) is 34.3 Å². The SMILES string of the molecule is CC(C)C(=O)OC[C@]1(C)C/C1=C/n1cnc2c(=O)[nH]c(N)nc21. The number of aromatic amines is 1. The van der Waals surface area contributed by atoms with Crippen molar-refractivity contribution >= 4 is 29.3 Å². The van der Waals surface area contributed by atoms with Gasteiger partial charge in [-0.3, -0.25) is 19.1 Å². The van der Waals surface area contributed by atoms with Gasteiger partial charge in [-0.1, -0.05) is 20.8 Å². The average Bonchev–Trinajstić information content (AvgIpc) is 2.92. The van der Waals surface area contributed by atoms with Crippen molar-refractivity contribution < 1.29 is 9.53 Å². The third kappa shape index (κ3) is 2.84. The highest BCUT2D eigenvalue weighted by Gasteiger charge is 2.45. The predicted molar refractivity (Wildman–Crippen MR) is 85.4 cm³/mol. The van der Waals surface area contributed by atoms with E-state index in [0.29, 0.717) is 12.3 Å². The van der Waals surface area contributed by atoms with E-state index in [2.05, 4.69) is 15.0 Å².